The number of aryl methyl sites for hydroxylation is 1. The number of aliphatic hydroxyl groups excluding tert-OH is 1. The molecule has 5 rings (SSSR count). The third-order valence-electron chi connectivity index (χ3n) is 6.37. The summed E-state index contributed by atoms with van der Waals surface area (Å²) in [5.74, 6) is -1.79. The molecule has 0 bridgehead atoms. The zero-order valence-corrected chi connectivity index (χ0v) is 19.6. The molecular formula is C25H23N3O6S. The molecule has 1 aliphatic carbocycles. The Morgan fingerprint density at radius 2 is 1.74 bits per heavy atom. The fraction of sp³-hybridized carbons (Fsp3) is 0.280. The highest BCUT2D eigenvalue weighted by Crippen LogP contribution is 2.44. The van der Waals surface area contributed by atoms with Gasteiger partial charge in [0.05, 0.1) is 11.8 Å². The van der Waals surface area contributed by atoms with Crippen molar-refractivity contribution >= 4 is 34.4 Å². The van der Waals surface area contributed by atoms with Gasteiger partial charge in [-0.3, -0.25) is 10.1 Å². The van der Waals surface area contributed by atoms with Crippen LogP contribution in [0.4, 0.5) is 9.93 Å². The van der Waals surface area contributed by atoms with Crippen LogP contribution in [-0.4, -0.2) is 63.4 Å². The van der Waals surface area contributed by atoms with Gasteiger partial charge >= 0.3 is 12.1 Å². The summed E-state index contributed by atoms with van der Waals surface area (Å²) in [6, 6.07) is 15.0. The van der Waals surface area contributed by atoms with Crippen molar-refractivity contribution < 1.29 is 29.3 Å². The number of nitrogens with one attached hydrogen (secondary N) is 1. The fourth-order valence-electron chi connectivity index (χ4n) is 4.77. The van der Waals surface area contributed by atoms with Crippen LogP contribution in [0.2, 0.25) is 0 Å². The lowest BCUT2D eigenvalue weighted by atomic mass is 9.98. The summed E-state index contributed by atoms with van der Waals surface area (Å²) < 4.78 is 5.53. The van der Waals surface area contributed by atoms with Crippen LogP contribution >= 0.6 is 11.3 Å². The lowest BCUT2D eigenvalue weighted by Crippen LogP contribution is -2.40. The molecule has 2 atom stereocenters. The van der Waals surface area contributed by atoms with E-state index >= 15 is 0 Å². The van der Waals surface area contributed by atoms with E-state index in [1.165, 1.54) is 0 Å². The number of fused-ring (bicyclic) bond motifs is 3. The van der Waals surface area contributed by atoms with Crippen molar-refractivity contribution in [1.82, 2.24) is 9.88 Å². The summed E-state index contributed by atoms with van der Waals surface area (Å²) in [5, 5.41) is 22.0. The Balaban J connectivity index is 1.26. The Bertz CT molecular complexity index is 1280. The molecule has 0 spiro atoms. The number of benzene rings is 2. The van der Waals surface area contributed by atoms with Crippen LogP contribution in [0.1, 0.15) is 38.8 Å². The van der Waals surface area contributed by atoms with Gasteiger partial charge in [0, 0.05) is 18.9 Å². The number of carboxylic acids is 1. The van der Waals surface area contributed by atoms with Crippen molar-refractivity contribution in [2.24, 2.45) is 0 Å². The number of rotatable bonds is 5. The molecule has 2 amide bonds. The molecule has 1 aromatic heterocycles. The minimum absolute atomic E-state index is 0.0240. The highest BCUT2D eigenvalue weighted by Gasteiger charge is 2.40. The minimum atomic E-state index is -1.17. The summed E-state index contributed by atoms with van der Waals surface area (Å²) in [7, 11) is 0. The summed E-state index contributed by atoms with van der Waals surface area (Å²) in [6.45, 7) is 1.68. The number of likely N-dealkylation sites (tertiary alicyclic amines) is 1. The van der Waals surface area contributed by atoms with Gasteiger partial charge in [0.25, 0.3) is 5.91 Å². The van der Waals surface area contributed by atoms with Crippen molar-refractivity contribution in [1.29, 1.82) is 0 Å². The minimum Gasteiger partial charge on any atom is -0.480 e. The third kappa shape index (κ3) is 4.26. The number of carbonyl (C=O) groups excluding carboxylic acids is 2. The summed E-state index contributed by atoms with van der Waals surface area (Å²) in [4.78, 5) is 42.5. The number of anilines is 1. The highest BCUT2D eigenvalue weighted by atomic mass is 32.1. The molecule has 3 aromatic rings. The van der Waals surface area contributed by atoms with Gasteiger partial charge in [-0.15, -0.1) is 0 Å². The number of aromatic nitrogens is 1. The number of carboxylic acid groups (broad SMARTS) is 1. The topological polar surface area (TPSA) is 129 Å². The predicted octanol–water partition coefficient (Wildman–Crippen LogP) is 3.47. The maximum atomic E-state index is 12.9. The molecule has 0 saturated carbocycles. The second-order valence-electron chi connectivity index (χ2n) is 8.59. The Morgan fingerprint density at radius 1 is 1.11 bits per heavy atom. The van der Waals surface area contributed by atoms with Gasteiger partial charge in [0.2, 0.25) is 0 Å². The second kappa shape index (κ2) is 9.12. The van der Waals surface area contributed by atoms with Crippen molar-refractivity contribution in [2.75, 3.05) is 18.5 Å². The first-order valence-electron chi connectivity index (χ1n) is 11.1. The van der Waals surface area contributed by atoms with Crippen molar-refractivity contribution in [2.45, 2.75) is 31.4 Å². The van der Waals surface area contributed by atoms with E-state index in [1.54, 1.807) is 6.92 Å². The molecule has 35 heavy (non-hydrogen) atoms. The number of aliphatic carboxylic acids is 1. The molecule has 1 aliphatic heterocycles. The molecule has 2 aliphatic rings. The number of aliphatic hydroxyl groups is 1. The summed E-state index contributed by atoms with van der Waals surface area (Å²) in [6.07, 6.45) is -1.62. The largest absolute Gasteiger partial charge is 0.480 e. The van der Waals surface area contributed by atoms with Crippen LogP contribution < -0.4 is 5.32 Å². The van der Waals surface area contributed by atoms with E-state index in [4.69, 9.17) is 4.74 Å². The second-order valence-corrected chi connectivity index (χ2v) is 9.58. The molecule has 1 fully saturated rings. The first kappa shape index (κ1) is 23.0. The van der Waals surface area contributed by atoms with E-state index in [0.717, 1.165) is 38.5 Å². The predicted molar refractivity (Wildman–Crippen MR) is 129 cm³/mol. The smallest absolute Gasteiger partial charge is 0.413 e. The van der Waals surface area contributed by atoms with E-state index in [9.17, 15) is 24.6 Å². The third-order valence-corrected chi connectivity index (χ3v) is 7.43. The lowest BCUT2D eigenvalue weighted by molar-refractivity contribution is -0.141. The highest BCUT2D eigenvalue weighted by molar-refractivity contribution is 7.17. The average Bonchev–Trinajstić information content (AvgIpc) is 3.50. The van der Waals surface area contributed by atoms with Crippen LogP contribution in [0.25, 0.3) is 11.1 Å². The van der Waals surface area contributed by atoms with Gasteiger partial charge in [0.1, 0.15) is 17.5 Å². The number of ether oxygens (including phenoxy) is 1. The zero-order chi connectivity index (χ0) is 24.7. The van der Waals surface area contributed by atoms with Gasteiger partial charge in [-0.2, -0.15) is 0 Å². The quantitative estimate of drug-likeness (QED) is 0.496. The average molecular weight is 494 g/mol. The summed E-state index contributed by atoms with van der Waals surface area (Å²) >= 11 is 0.944. The molecule has 10 heteroatoms. The first-order chi connectivity index (χ1) is 16.8. The number of hydrogen-bond donors (Lipinski definition) is 3. The Morgan fingerprint density at radius 3 is 2.37 bits per heavy atom. The number of β-amino-alcohol motifs (C(OH)–C–C–N with tert-alkyl or cyclic N) is 1. The lowest BCUT2D eigenvalue weighted by Gasteiger charge is -2.20. The monoisotopic (exact) mass is 493 g/mol. The van der Waals surface area contributed by atoms with Crippen LogP contribution in [0.3, 0.4) is 0 Å². The van der Waals surface area contributed by atoms with E-state index < -0.39 is 30.1 Å². The Hall–Kier alpha value is -3.76. The van der Waals surface area contributed by atoms with Gasteiger partial charge in [-0.1, -0.05) is 59.9 Å². The van der Waals surface area contributed by atoms with Crippen LogP contribution in [-0.2, 0) is 9.53 Å². The first-order valence-corrected chi connectivity index (χ1v) is 12.0. The molecule has 3 N–H and O–H groups in total. The normalized spacial score (nSPS) is 18.7. The van der Waals surface area contributed by atoms with E-state index in [-0.39, 0.29) is 35.5 Å². The molecule has 1 unspecified atom stereocenters. The van der Waals surface area contributed by atoms with E-state index in [1.807, 2.05) is 36.4 Å². The van der Waals surface area contributed by atoms with Gasteiger partial charge in [0.15, 0.2) is 5.13 Å². The van der Waals surface area contributed by atoms with Crippen LogP contribution in [0, 0.1) is 6.92 Å². The van der Waals surface area contributed by atoms with Crippen molar-refractivity contribution in [3.63, 3.8) is 0 Å². The molecule has 0 radical (unpaired) electrons. The van der Waals surface area contributed by atoms with Crippen molar-refractivity contribution in [3.05, 3.63) is 70.2 Å². The standard InChI is InChI=1S/C25H23N3O6S/c1-13-21(22(30)28-11-14(29)10-20(28)23(31)32)35-24(26-13)27-25(33)34-12-19-17-8-4-2-6-15(17)16-7-3-5-9-18(16)19/h2-9,14,19-20,29H,10-12H2,1H3,(H,31,32)(H,26,27,33)/t14?,20-/m0/s1. The van der Waals surface area contributed by atoms with Gasteiger partial charge in [-0.25, -0.2) is 14.6 Å². The number of thiazole rings is 1. The Labute approximate surface area is 205 Å². The Kier molecular flexibility index (Phi) is 6.00. The van der Waals surface area contributed by atoms with Crippen LogP contribution in [0.15, 0.2) is 48.5 Å². The zero-order valence-electron chi connectivity index (χ0n) is 18.8. The number of carbonyl (C=O) groups is 3. The SMILES string of the molecule is Cc1nc(NC(=O)OCC2c3ccccc3-c3ccccc32)sc1C(=O)N1CC(O)C[C@H]1C(=O)O. The van der Waals surface area contributed by atoms with Crippen LogP contribution in [0.5, 0.6) is 0 Å². The fourth-order valence-corrected chi connectivity index (χ4v) is 5.68. The van der Waals surface area contributed by atoms with Crippen molar-refractivity contribution in [3.8, 4) is 11.1 Å². The number of nitrogens with zero attached hydrogens (tertiary/aromatic N) is 2. The van der Waals surface area contributed by atoms with Gasteiger partial charge < -0.3 is 19.8 Å². The van der Waals surface area contributed by atoms with E-state index in [0.29, 0.717) is 5.69 Å². The summed E-state index contributed by atoms with van der Waals surface area (Å²) in [5.41, 5.74) is 4.81. The van der Waals surface area contributed by atoms with Gasteiger partial charge in [-0.05, 0) is 29.2 Å². The number of hydrogen-bond acceptors (Lipinski definition) is 7. The molecule has 9 nitrogen and oxygen atoms in total. The number of amides is 2. The molecule has 1 saturated heterocycles. The maximum Gasteiger partial charge on any atom is 0.413 e. The van der Waals surface area contributed by atoms with E-state index in [2.05, 4.69) is 22.4 Å². The molecule has 180 valence electrons. The molecule has 2 heterocycles. The molecular weight excluding hydrogens is 470 g/mol. The maximum absolute atomic E-state index is 12.9. The molecule has 2 aromatic carbocycles.